The molecule has 0 saturated heterocycles. The molecule has 0 spiro atoms. The first-order valence-electron chi connectivity index (χ1n) is 7.74. The van der Waals surface area contributed by atoms with E-state index in [9.17, 15) is 9.18 Å². The molecule has 0 aromatic heterocycles. The third kappa shape index (κ3) is 4.04. The van der Waals surface area contributed by atoms with Crippen molar-refractivity contribution in [3.8, 4) is 11.5 Å². The number of methoxy groups -OCH3 is 2. The van der Waals surface area contributed by atoms with Crippen LogP contribution in [0.25, 0.3) is 0 Å². The molecule has 0 fully saturated rings. The molecule has 1 unspecified atom stereocenters. The number of rotatable bonds is 6. The molecule has 2 aromatic carbocycles. The van der Waals surface area contributed by atoms with Gasteiger partial charge in [-0.15, -0.1) is 0 Å². The van der Waals surface area contributed by atoms with E-state index in [1.54, 1.807) is 44.6 Å². The molecular formula is C19H22FNO3. The van der Waals surface area contributed by atoms with Gasteiger partial charge < -0.3 is 14.8 Å². The highest BCUT2D eigenvalue weighted by molar-refractivity contribution is 5.96. The minimum Gasteiger partial charge on any atom is -0.493 e. The van der Waals surface area contributed by atoms with E-state index in [1.807, 2.05) is 13.8 Å². The van der Waals surface area contributed by atoms with Crippen molar-refractivity contribution in [3.05, 3.63) is 53.8 Å². The van der Waals surface area contributed by atoms with Gasteiger partial charge in [0.2, 0.25) is 5.91 Å². The van der Waals surface area contributed by atoms with Crippen molar-refractivity contribution in [2.24, 2.45) is 5.92 Å². The molecular weight excluding hydrogens is 309 g/mol. The topological polar surface area (TPSA) is 47.6 Å². The van der Waals surface area contributed by atoms with Gasteiger partial charge >= 0.3 is 0 Å². The lowest BCUT2D eigenvalue weighted by molar-refractivity contribution is -0.118. The second kappa shape index (κ2) is 7.81. The van der Waals surface area contributed by atoms with E-state index in [-0.39, 0.29) is 23.6 Å². The first kappa shape index (κ1) is 17.8. The van der Waals surface area contributed by atoms with Crippen molar-refractivity contribution in [1.29, 1.82) is 0 Å². The predicted octanol–water partition coefficient (Wildman–Crippen LogP) is 4.22. The fourth-order valence-corrected chi connectivity index (χ4v) is 2.64. The SMILES string of the molecule is COc1ccc(NC(=O)C(c2ccc(F)cc2)C(C)C)cc1OC. The fourth-order valence-electron chi connectivity index (χ4n) is 2.64. The maximum Gasteiger partial charge on any atom is 0.232 e. The highest BCUT2D eigenvalue weighted by Gasteiger charge is 2.24. The van der Waals surface area contributed by atoms with Gasteiger partial charge in [-0.05, 0) is 35.7 Å². The van der Waals surface area contributed by atoms with Gasteiger partial charge in [0.25, 0.3) is 0 Å². The van der Waals surface area contributed by atoms with Crippen LogP contribution in [0.4, 0.5) is 10.1 Å². The quantitative estimate of drug-likeness (QED) is 0.862. The number of anilines is 1. The summed E-state index contributed by atoms with van der Waals surface area (Å²) in [6.45, 7) is 3.92. The normalized spacial score (nSPS) is 11.9. The van der Waals surface area contributed by atoms with Crippen LogP contribution in [-0.2, 0) is 4.79 Å². The van der Waals surface area contributed by atoms with Crippen molar-refractivity contribution in [1.82, 2.24) is 0 Å². The average Bonchev–Trinajstić information content (AvgIpc) is 2.56. The summed E-state index contributed by atoms with van der Waals surface area (Å²) >= 11 is 0. The Kier molecular flexibility index (Phi) is 5.79. The van der Waals surface area contributed by atoms with E-state index in [0.717, 1.165) is 5.56 Å². The van der Waals surface area contributed by atoms with Crippen LogP contribution in [0.2, 0.25) is 0 Å². The molecule has 0 aliphatic carbocycles. The molecule has 0 bridgehead atoms. The Morgan fingerprint density at radius 2 is 1.62 bits per heavy atom. The number of hydrogen-bond donors (Lipinski definition) is 1. The predicted molar refractivity (Wildman–Crippen MR) is 92.2 cm³/mol. The molecule has 0 saturated carbocycles. The molecule has 0 aliphatic rings. The van der Waals surface area contributed by atoms with Crippen LogP contribution in [0.3, 0.4) is 0 Å². The molecule has 1 amide bonds. The largest absolute Gasteiger partial charge is 0.493 e. The second-order valence-electron chi connectivity index (χ2n) is 5.83. The first-order valence-corrected chi connectivity index (χ1v) is 7.74. The highest BCUT2D eigenvalue weighted by atomic mass is 19.1. The number of carbonyl (C=O) groups excluding carboxylic acids is 1. The van der Waals surface area contributed by atoms with Gasteiger partial charge in [-0.25, -0.2) is 4.39 Å². The van der Waals surface area contributed by atoms with Crippen LogP contribution < -0.4 is 14.8 Å². The maximum atomic E-state index is 13.1. The highest BCUT2D eigenvalue weighted by Crippen LogP contribution is 2.31. The van der Waals surface area contributed by atoms with Crippen molar-refractivity contribution in [3.63, 3.8) is 0 Å². The van der Waals surface area contributed by atoms with Crippen LogP contribution in [0.5, 0.6) is 11.5 Å². The summed E-state index contributed by atoms with van der Waals surface area (Å²) in [5, 5.41) is 2.89. The number of halogens is 1. The summed E-state index contributed by atoms with van der Waals surface area (Å²) in [6, 6.07) is 11.2. The number of benzene rings is 2. The van der Waals surface area contributed by atoms with Gasteiger partial charge in [0.1, 0.15) is 5.82 Å². The van der Waals surface area contributed by atoms with Crippen LogP contribution in [-0.4, -0.2) is 20.1 Å². The van der Waals surface area contributed by atoms with Crippen LogP contribution >= 0.6 is 0 Å². The van der Waals surface area contributed by atoms with Crippen molar-refractivity contribution in [2.75, 3.05) is 19.5 Å². The average molecular weight is 331 g/mol. The van der Waals surface area contributed by atoms with Crippen molar-refractivity contribution < 1.29 is 18.7 Å². The van der Waals surface area contributed by atoms with E-state index < -0.39 is 0 Å². The molecule has 128 valence electrons. The monoisotopic (exact) mass is 331 g/mol. The van der Waals surface area contributed by atoms with E-state index in [1.165, 1.54) is 12.1 Å². The van der Waals surface area contributed by atoms with E-state index >= 15 is 0 Å². The molecule has 0 heterocycles. The number of hydrogen-bond acceptors (Lipinski definition) is 3. The summed E-state index contributed by atoms with van der Waals surface area (Å²) < 4.78 is 23.6. The molecule has 24 heavy (non-hydrogen) atoms. The van der Waals surface area contributed by atoms with Crippen LogP contribution in [0, 0.1) is 11.7 Å². The molecule has 1 N–H and O–H groups in total. The molecule has 2 aromatic rings. The summed E-state index contributed by atoms with van der Waals surface area (Å²) in [4.78, 5) is 12.7. The van der Waals surface area contributed by atoms with E-state index in [0.29, 0.717) is 17.2 Å². The van der Waals surface area contributed by atoms with Gasteiger partial charge in [0.15, 0.2) is 11.5 Å². The van der Waals surface area contributed by atoms with Gasteiger partial charge in [-0.3, -0.25) is 4.79 Å². The van der Waals surface area contributed by atoms with Gasteiger partial charge in [0.05, 0.1) is 20.1 Å². The fraction of sp³-hybridized carbons (Fsp3) is 0.316. The van der Waals surface area contributed by atoms with Gasteiger partial charge in [-0.1, -0.05) is 26.0 Å². The number of nitrogens with one attached hydrogen (secondary N) is 1. The Labute approximate surface area is 141 Å². The minimum atomic E-state index is -0.376. The number of carbonyl (C=O) groups is 1. The zero-order valence-electron chi connectivity index (χ0n) is 14.3. The zero-order chi connectivity index (χ0) is 17.7. The zero-order valence-corrected chi connectivity index (χ0v) is 14.3. The Hall–Kier alpha value is -2.56. The van der Waals surface area contributed by atoms with Crippen LogP contribution in [0.15, 0.2) is 42.5 Å². The maximum absolute atomic E-state index is 13.1. The van der Waals surface area contributed by atoms with Crippen molar-refractivity contribution in [2.45, 2.75) is 19.8 Å². The molecule has 0 radical (unpaired) electrons. The Morgan fingerprint density at radius 3 is 2.17 bits per heavy atom. The summed E-state index contributed by atoms with van der Waals surface area (Å²) in [5.74, 6) is 0.354. The molecule has 1 atom stereocenters. The summed E-state index contributed by atoms with van der Waals surface area (Å²) in [5.41, 5.74) is 1.40. The van der Waals surface area contributed by atoms with Crippen molar-refractivity contribution >= 4 is 11.6 Å². The minimum absolute atomic E-state index is 0.0654. The first-order chi connectivity index (χ1) is 11.5. The number of ether oxygens (including phenoxy) is 2. The smallest absolute Gasteiger partial charge is 0.232 e. The summed E-state index contributed by atoms with van der Waals surface area (Å²) in [7, 11) is 3.10. The Balaban J connectivity index is 2.23. The standard InChI is InChI=1S/C19H22FNO3/c1-12(2)18(13-5-7-14(20)8-6-13)19(22)21-15-9-10-16(23-3)17(11-15)24-4/h5-12,18H,1-4H3,(H,21,22). The Morgan fingerprint density at radius 1 is 1.00 bits per heavy atom. The number of amides is 1. The van der Waals surface area contributed by atoms with E-state index in [2.05, 4.69) is 5.32 Å². The molecule has 5 heteroatoms. The second-order valence-corrected chi connectivity index (χ2v) is 5.83. The third-order valence-electron chi connectivity index (χ3n) is 3.83. The lowest BCUT2D eigenvalue weighted by Gasteiger charge is -2.21. The van der Waals surface area contributed by atoms with Gasteiger partial charge in [0, 0.05) is 11.8 Å². The Bertz CT molecular complexity index is 698. The summed E-state index contributed by atoms with van der Waals surface area (Å²) in [6.07, 6.45) is 0. The van der Waals surface area contributed by atoms with Gasteiger partial charge in [-0.2, -0.15) is 0 Å². The lowest BCUT2D eigenvalue weighted by Crippen LogP contribution is -2.25. The molecule has 2 rings (SSSR count). The third-order valence-corrected chi connectivity index (χ3v) is 3.83. The van der Waals surface area contributed by atoms with Crippen LogP contribution in [0.1, 0.15) is 25.3 Å². The lowest BCUT2D eigenvalue weighted by atomic mass is 9.87. The molecule has 4 nitrogen and oxygen atoms in total. The molecule has 0 aliphatic heterocycles. The van der Waals surface area contributed by atoms with E-state index in [4.69, 9.17) is 9.47 Å².